The van der Waals surface area contributed by atoms with E-state index in [1.165, 1.54) is 96.0 Å². The van der Waals surface area contributed by atoms with Gasteiger partial charge in [-0.15, -0.1) is 0 Å². The van der Waals surface area contributed by atoms with Gasteiger partial charge in [0.05, 0.1) is 5.69 Å². The molecule has 0 bridgehead atoms. The van der Waals surface area contributed by atoms with Crippen LogP contribution in [-0.4, -0.2) is 11.3 Å². The second-order valence-corrected chi connectivity index (χ2v) is 15.6. The van der Waals surface area contributed by atoms with Gasteiger partial charge >= 0.3 is 6.85 Å². The first-order chi connectivity index (χ1) is 28.2. The summed E-state index contributed by atoms with van der Waals surface area (Å²) >= 11 is 0. The molecular formula is C53H42BN3. The summed E-state index contributed by atoms with van der Waals surface area (Å²) in [5.41, 5.74) is 20.0. The number of unbranched alkanes of at least 4 members (excludes halogenated alkanes) is 1. The van der Waals surface area contributed by atoms with Gasteiger partial charge in [0.15, 0.2) is 0 Å². The lowest BCUT2D eigenvalue weighted by atomic mass is 9.45. The fraction of sp³-hybridized carbons (Fsp3) is 0.0943. The minimum atomic E-state index is -0.0147. The highest BCUT2D eigenvalue weighted by atomic mass is 15.2. The Hall–Kier alpha value is -6.78. The molecule has 0 N–H and O–H groups in total. The second-order valence-electron chi connectivity index (χ2n) is 15.6. The molecule has 272 valence electrons. The van der Waals surface area contributed by atoms with Crippen molar-refractivity contribution in [3.8, 4) is 22.3 Å². The molecule has 0 atom stereocenters. The molecule has 11 rings (SSSR count). The maximum atomic E-state index is 2.65. The van der Waals surface area contributed by atoms with Crippen molar-refractivity contribution in [2.24, 2.45) is 0 Å². The van der Waals surface area contributed by atoms with Gasteiger partial charge in [-0.05, 0) is 114 Å². The fourth-order valence-corrected chi connectivity index (χ4v) is 9.69. The van der Waals surface area contributed by atoms with Crippen LogP contribution >= 0.6 is 0 Å². The third kappa shape index (κ3) is 5.28. The molecule has 2 aliphatic rings. The number of anilines is 6. The Kier molecular flexibility index (Phi) is 7.92. The summed E-state index contributed by atoms with van der Waals surface area (Å²) in [7, 11) is 0. The lowest BCUT2D eigenvalue weighted by Gasteiger charge is -2.42. The summed E-state index contributed by atoms with van der Waals surface area (Å²) in [5.74, 6) is 0. The van der Waals surface area contributed by atoms with E-state index in [4.69, 9.17) is 0 Å². The van der Waals surface area contributed by atoms with Crippen LogP contribution in [0.15, 0.2) is 182 Å². The van der Waals surface area contributed by atoms with Gasteiger partial charge < -0.3 is 14.3 Å². The Morgan fingerprint density at radius 3 is 1.98 bits per heavy atom. The van der Waals surface area contributed by atoms with Crippen LogP contribution in [0, 0.1) is 6.92 Å². The van der Waals surface area contributed by atoms with Crippen molar-refractivity contribution in [1.82, 2.24) is 4.48 Å². The molecule has 2 aliphatic heterocycles. The average molecular weight is 732 g/mol. The first kappa shape index (κ1) is 33.6. The van der Waals surface area contributed by atoms with Crippen LogP contribution in [-0.2, 0) is 6.42 Å². The summed E-state index contributed by atoms with van der Waals surface area (Å²) in [5, 5.41) is 2.61. The lowest BCUT2D eigenvalue weighted by Crippen LogP contribution is -2.56. The van der Waals surface area contributed by atoms with Crippen LogP contribution < -0.4 is 20.7 Å². The summed E-state index contributed by atoms with van der Waals surface area (Å²) in [6.45, 7) is 4.53. The number of para-hydroxylation sites is 4. The number of aromatic nitrogens is 1. The molecule has 8 aromatic carbocycles. The van der Waals surface area contributed by atoms with Gasteiger partial charge in [0.1, 0.15) is 0 Å². The predicted molar refractivity (Wildman–Crippen MR) is 243 cm³/mol. The Balaban J connectivity index is 1.25. The number of rotatable bonds is 8. The number of hydrogen-bond acceptors (Lipinski definition) is 2. The largest absolute Gasteiger partial charge is 0.375 e. The molecule has 0 radical (unpaired) electrons. The van der Waals surface area contributed by atoms with E-state index < -0.39 is 0 Å². The van der Waals surface area contributed by atoms with Crippen LogP contribution in [0.1, 0.15) is 30.9 Å². The van der Waals surface area contributed by atoms with E-state index in [9.17, 15) is 0 Å². The molecule has 0 spiro atoms. The number of fused-ring (bicyclic) bond motifs is 7. The standard InChI is InChI=1S/C53H42BN3/c1-3-4-17-37-28-31-48(45(34-37)38-18-8-5-9-19-38)56-50-35-41(55(39-20-10-6-11-21-39)40-22-12-7-13-23-40)29-30-47(50)54-52-46(32-36(2)33-51(52)56)44-26-16-25-43-42-24-14-15-27-49(42)57(54)53(43)44/h5-16,18-35H,3-4,17H2,1-2H3. The van der Waals surface area contributed by atoms with Crippen LogP contribution in [0.4, 0.5) is 34.1 Å². The van der Waals surface area contributed by atoms with Crippen molar-refractivity contribution in [3.63, 3.8) is 0 Å². The maximum Gasteiger partial charge on any atom is 0.333 e. The monoisotopic (exact) mass is 731 g/mol. The highest BCUT2D eigenvalue weighted by molar-refractivity contribution is 6.90. The summed E-state index contributed by atoms with van der Waals surface area (Å²) < 4.78 is 2.65. The number of nitrogens with zero attached hydrogens (tertiary/aromatic N) is 3. The molecular weight excluding hydrogens is 689 g/mol. The molecule has 0 fully saturated rings. The molecule has 0 saturated heterocycles. The summed E-state index contributed by atoms with van der Waals surface area (Å²) in [4.78, 5) is 4.99. The summed E-state index contributed by atoms with van der Waals surface area (Å²) in [6.07, 6.45) is 3.41. The van der Waals surface area contributed by atoms with E-state index in [2.05, 4.69) is 210 Å². The van der Waals surface area contributed by atoms with E-state index in [1.54, 1.807) is 0 Å². The third-order valence-corrected chi connectivity index (χ3v) is 12.1. The van der Waals surface area contributed by atoms with Crippen LogP contribution in [0.3, 0.4) is 0 Å². The molecule has 1 aromatic heterocycles. The summed E-state index contributed by atoms with van der Waals surface area (Å²) in [6, 6.07) is 67.7. The van der Waals surface area contributed by atoms with E-state index in [0.717, 1.165) is 23.5 Å². The van der Waals surface area contributed by atoms with E-state index in [-0.39, 0.29) is 6.85 Å². The van der Waals surface area contributed by atoms with Crippen molar-refractivity contribution in [2.45, 2.75) is 33.1 Å². The Bertz CT molecular complexity index is 2930. The molecule has 4 heteroatoms. The van der Waals surface area contributed by atoms with Crippen LogP contribution in [0.2, 0.25) is 0 Å². The van der Waals surface area contributed by atoms with Crippen LogP contribution in [0.25, 0.3) is 44.1 Å². The lowest BCUT2D eigenvalue weighted by molar-refractivity contribution is 0.795. The predicted octanol–water partition coefficient (Wildman–Crippen LogP) is 13.0. The van der Waals surface area contributed by atoms with Gasteiger partial charge in [-0.25, -0.2) is 0 Å². The fourth-order valence-electron chi connectivity index (χ4n) is 9.69. The quantitative estimate of drug-likeness (QED) is 0.144. The smallest absolute Gasteiger partial charge is 0.333 e. The maximum absolute atomic E-state index is 2.65. The average Bonchev–Trinajstić information content (AvgIpc) is 3.60. The van der Waals surface area contributed by atoms with Crippen molar-refractivity contribution < 1.29 is 0 Å². The van der Waals surface area contributed by atoms with Crippen molar-refractivity contribution in [2.75, 3.05) is 9.80 Å². The normalized spacial score (nSPS) is 12.5. The molecule has 0 aliphatic carbocycles. The third-order valence-electron chi connectivity index (χ3n) is 12.1. The molecule has 0 unspecified atom stereocenters. The molecule has 0 saturated carbocycles. The molecule has 57 heavy (non-hydrogen) atoms. The molecule has 3 nitrogen and oxygen atoms in total. The van der Waals surface area contributed by atoms with Gasteiger partial charge in [0.25, 0.3) is 0 Å². The van der Waals surface area contributed by atoms with Crippen LogP contribution in [0.5, 0.6) is 0 Å². The zero-order valence-electron chi connectivity index (χ0n) is 32.4. The molecule has 0 amide bonds. The number of hydrogen-bond donors (Lipinski definition) is 0. The Labute approximate surface area is 335 Å². The zero-order valence-corrected chi connectivity index (χ0v) is 32.4. The van der Waals surface area contributed by atoms with Gasteiger partial charge in [0.2, 0.25) is 0 Å². The topological polar surface area (TPSA) is 11.4 Å². The molecule has 3 heterocycles. The minimum Gasteiger partial charge on any atom is -0.375 e. The SMILES string of the molecule is CCCCc1ccc(N2c3cc(N(c4ccccc4)c4ccccc4)ccc3B3c4c(cc(C)cc42)-c2cccc4c5ccccc5n3c24)c(-c2ccccc2)c1. The number of aryl methyl sites for hydroxylation is 2. The van der Waals surface area contributed by atoms with Gasteiger partial charge in [-0.2, -0.15) is 0 Å². The van der Waals surface area contributed by atoms with Gasteiger partial charge in [-0.1, -0.05) is 135 Å². The Morgan fingerprint density at radius 2 is 1.23 bits per heavy atom. The van der Waals surface area contributed by atoms with E-state index in [1.807, 2.05) is 0 Å². The zero-order chi connectivity index (χ0) is 38.0. The van der Waals surface area contributed by atoms with Gasteiger partial charge in [-0.3, -0.25) is 0 Å². The van der Waals surface area contributed by atoms with Crippen molar-refractivity contribution >= 4 is 73.7 Å². The van der Waals surface area contributed by atoms with Gasteiger partial charge in [0, 0.05) is 61.4 Å². The number of benzene rings is 8. The highest BCUT2D eigenvalue weighted by Gasteiger charge is 2.43. The second kappa shape index (κ2) is 13.5. The first-order valence-corrected chi connectivity index (χ1v) is 20.4. The van der Waals surface area contributed by atoms with Crippen molar-refractivity contribution in [3.05, 3.63) is 193 Å². The molecule has 9 aromatic rings. The minimum absolute atomic E-state index is 0.0147. The van der Waals surface area contributed by atoms with E-state index in [0.29, 0.717) is 0 Å². The Morgan fingerprint density at radius 1 is 0.526 bits per heavy atom. The highest BCUT2D eigenvalue weighted by Crippen LogP contribution is 2.49. The van der Waals surface area contributed by atoms with E-state index >= 15 is 0 Å². The van der Waals surface area contributed by atoms with Crippen molar-refractivity contribution in [1.29, 1.82) is 0 Å². The first-order valence-electron chi connectivity index (χ1n) is 20.4.